The van der Waals surface area contributed by atoms with E-state index in [0.717, 1.165) is 13.1 Å². The molecule has 1 saturated carbocycles. The Morgan fingerprint density at radius 2 is 1.52 bits per heavy atom. The highest BCUT2D eigenvalue weighted by molar-refractivity contribution is 4.99. The van der Waals surface area contributed by atoms with Gasteiger partial charge in [-0.2, -0.15) is 0 Å². The minimum absolute atomic E-state index is 0.295. The van der Waals surface area contributed by atoms with Crippen LogP contribution in [0.1, 0.15) is 39.5 Å². The van der Waals surface area contributed by atoms with Gasteiger partial charge in [0.05, 0.1) is 0 Å². The van der Waals surface area contributed by atoms with Gasteiger partial charge in [-0.25, -0.2) is 0 Å². The molecule has 2 N–H and O–H groups in total. The van der Waals surface area contributed by atoms with Crippen LogP contribution in [0.2, 0.25) is 0 Å². The first-order valence-electron chi connectivity index (χ1n) is 8.69. The zero-order valence-electron chi connectivity index (χ0n) is 14.7. The summed E-state index contributed by atoms with van der Waals surface area (Å²) in [6.45, 7) is 12.8. The molecule has 4 nitrogen and oxygen atoms in total. The van der Waals surface area contributed by atoms with Crippen molar-refractivity contribution in [3.63, 3.8) is 0 Å². The van der Waals surface area contributed by atoms with Crippen molar-refractivity contribution in [3.8, 4) is 0 Å². The van der Waals surface area contributed by atoms with E-state index in [1.165, 1.54) is 58.4 Å². The lowest BCUT2D eigenvalue weighted by Crippen LogP contribution is -2.62. The highest BCUT2D eigenvalue weighted by Gasteiger charge is 2.42. The highest BCUT2D eigenvalue weighted by Crippen LogP contribution is 2.42. The summed E-state index contributed by atoms with van der Waals surface area (Å²) in [7, 11) is 4.31. The monoisotopic (exact) mass is 296 g/mol. The third kappa shape index (κ3) is 4.41. The van der Waals surface area contributed by atoms with Gasteiger partial charge >= 0.3 is 0 Å². The molecule has 0 radical (unpaired) electrons. The molecule has 1 aliphatic heterocycles. The summed E-state index contributed by atoms with van der Waals surface area (Å²) in [4.78, 5) is 7.60. The molecule has 2 rings (SSSR count). The van der Waals surface area contributed by atoms with Gasteiger partial charge in [-0.05, 0) is 45.2 Å². The molecule has 21 heavy (non-hydrogen) atoms. The van der Waals surface area contributed by atoms with Gasteiger partial charge < -0.3 is 10.6 Å². The Bertz CT molecular complexity index is 309. The summed E-state index contributed by atoms with van der Waals surface area (Å²) in [5, 5.41) is 0. The SMILES string of the molecule is CN(C)CCN1CCN(C2(CN)CCC(C)(C)CC2)CC1. The first-order valence-corrected chi connectivity index (χ1v) is 8.69. The predicted octanol–water partition coefficient (Wildman–Crippen LogP) is 1.46. The van der Waals surface area contributed by atoms with E-state index in [0.29, 0.717) is 11.0 Å². The molecule has 0 spiro atoms. The van der Waals surface area contributed by atoms with Crippen molar-refractivity contribution in [2.24, 2.45) is 11.1 Å². The Morgan fingerprint density at radius 3 is 2.00 bits per heavy atom. The molecule has 0 unspecified atom stereocenters. The molecule has 0 aromatic rings. The van der Waals surface area contributed by atoms with Crippen molar-refractivity contribution >= 4 is 0 Å². The third-order valence-corrected chi connectivity index (χ3v) is 5.82. The normalized spacial score (nSPS) is 27.1. The number of hydrogen-bond donors (Lipinski definition) is 1. The Hall–Kier alpha value is -0.160. The number of piperazine rings is 1. The largest absolute Gasteiger partial charge is 0.329 e. The summed E-state index contributed by atoms with van der Waals surface area (Å²) >= 11 is 0. The van der Waals surface area contributed by atoms with E-state index in [1.54, 1.807) is 0 Å². The molecule has 2 aliphatic rings. The standard InChI is InChI=1S/C17H36N4/c1-16(2)5-7-17(15-18,8-6-16)21-13-11-20(12-14-21)10-9-19(3)4/h5-15,18H2,1-4H3. The van der Waals surface area contributed by atoms with Gasteiger partial charge in [0.1, 0.15) is 0 Å². The van der Waals surface area contributed by atoms with Crippen LogP contribution in [0.15, 0.2) is 0 Å². The van der Waals surface area contributed by atoms with Crippen LogP contribution in [0.4, 0.5) is 0 Å². The van der Waals surface area contributed by atoms with E-state index >= 15 is 0 Å². The Balaban J connectivity index is 1.85. The summed E-state index contributed by atoms with van der Waals surface area (Å²) in [5.74, 6) is 0. The zero-order valence-corrected chi connectivity index (χ0v) is 14.7. The molecule has 0 atom stereocenters. The fourth-order valence-corrected chi connectivity index (χ4v) is 3.83. The van der Waals surface area contributed by atoms with Crippen LogP contribution in [0.3, 0.4) is 0 Å². The van der Waals surface area contributed by atoms with Crippen molar-refractivity contribution in [3.05, 3.63) is 0 Å². The molecule has 124 valence electrons. The maximum atomic E-state index is 6.23. The number of hydrogen-bond acceptors (Lipinski definition) is 4. The van der Waals surface area contributed by atoms with Crippen LogP contribution < -0.4 is 5.73 Å². The van der Waals surface area contributed by atoms with Crippen molar-refractivity contribution in [2.75, 3.05) is 59.9 Å². The second-order valence-electron chi connectivity index (χ2n) is 8.22. The molecule has 4 heteroatoms. The van der Waals surface area contributed by atoms with Crippen molar-refractivity contribution in [1.82, 2.24) is 14.7 Å². The summed E-state index contributed by atoms with van der Waals surface area (Å²) < 4.78 is 0. The van der Waals surface area contributed by atoms with Gasteiger partial charge in [-0.15, -0.1) is 0 Å². The van der Waals surface area contributed by atoms with Crippen LogP contribution in [0, 0.1) is 5.41 Å². The number of nitrogens with zero attached hydrogens (tertiary/aromatic N) is 3. The van der Waals surface area contributed by atoms with E-state index in [9.17, 15) is 0 Å². The number of rotatable bonds is 5. The first-order chi connectivity index (χ1) is 9.87. The topological polar surface area (TPSA) is 35.7 Å². The van der Waals surface area contributed by atoms with Gasteiger partial charge in [-0.1, -0.05) is 13.8 Å². The first kappa shape index (κ1) is 17.2. The molecule has 0 amide bonds. The quantitative estimate of drug-likeness (QED) is 0.833. The van der Waals surface area contributed by atoms with Crippen LogP contribution in [-0.4, -0.2) is 80.1 Å². The maximum absolute atomic E-state index is 6.23. The Morgan fingerprint density at radius 1 is 0.952 bits per heavy atom. The molecule has 0 bridgehead atoms. The molecule has 1 aliphatic carbocycles. The Labute approximate surface area is 131 Å². The van der Waals surface area contributed by atoms with Crippen molar-refractivity contribution in [1.29, 1.82) is 0 Å². The van der Waals surface area contributed by atoms with Crippen molar-refractivity contribution < 1.29 is 0 Å². The van der Waals surface area contributed by atoms with Gasteiger partial charge in [0.15, 0.2) is 0 Å². The molecule has 1 heterocycles. The minimum Gasteiger partial charge on any atom is -0.329 e. The van der Waals surface area contributed by atoms with Crippen molar-refractivity contribution in [2.45, 2.75) is 45.1 Å². The lowest BCUT2D eigenvalue weighted by atomic mass is 9.68. The molecular formula is C17H36N4. The highest BCUT2D eigenvalue weighted by atomic mass is 15.3. The van der Waals surface area contributed by atoms with E-state index in [1.807, 2.05) is 0 Å². The number of nitrogens with two attached hydrogens (primary N) is 1. The van der Waals surface area contributed by atoms with E-state index in [2.05, 4.69) is 42.6 Å². The predicted molar refractivity (Wildman–Crippen MR) is 90.6 cm³/mol. The Kier molecular flexibility index (Phi) is 5.69. The second-order valence-corrected chi connectivity index (χ2v) is 8.22. The van der Waals surface area contributed by atoms with Gasteiger partial charge in [-0.3, -0.25) is 9.80 Å². The average Bonchev–Trinajstić information content (AvgIpc) is 2.46. The smallest absolute Gasteiger partial charge is 0.0333 e. The van der Waals surface area contributed by atoms with Gasteiger partial charge in [0.2, 0.25) is 0 Å². The lowest BCUT2D eigenvalue weighted by molar-refractivity contribution is -0.00955. The van der Waals surface area contributed by atoms with Crippen LogP contribution in [0.5, 0.6) is 0 Å². The summed E-state index contributed by atoms with van der Waals surface area (Å²) in [5.41, 5.74) is 7.04. The lowest BCUT2D eigenvalue weighted by Gasteiger charge is -2.52. The van der Waals surface area contributed by atoms with E-state index in [-0.39, 0.29) is 0 Å². The van der Waals surface area contributed by atoms with E-state index < -0.39 is 0 Å². The fourth-order valence-electron chi connectivity index (χ4n) is 3.83. The summed E-state index contributed by atoms with van der Waals surface area (Å²) in [6.07, 6.45) is 5.22. The molecular weight excluding hydrogens is 260 g/mol. The average molecular weight is 297 g/mol. The molecule has 2 fully saturated rings. The molecule has 1 saturated heterocycles. The third-order valence-electron chi connectivity index (χ3n) is 5.82. The fraction of sp³-hybridized carbons (Fsp3) is 1.00. The van der Waals surface area contributed by atoms with Crippen LogP contribution in [0.25, 0.3) is 0 Å². The number of likely N-dealkylation sites (N-methyl/N-ethyl adjacent to an activating group) is 1. The molecule has 0 aromatic carbocycles. The zero-order chi connectivity index (χ0) is 15.5. The second kappa shape index (κ2) is 6.95. The summed E-state index contributed by atoms with van der Waals surface area (Å²) in [6, 6.07) is 0. The minimum atomic E-state index is 0.295. The van der Waals surface area contributed by atoms with Gasteiger partial charge in [0.25, 0.3) is 0 Å². The van der Waals surface area contributed by atoms with Gasteiger partial charge in [0, 0.05) is 51.4 Å². The van der Waals surface area contributed by atoms with Crippen LogP contribution >= 0.6 is 0 Å². The molecule has 0 aromatic heterocycles. The van der Waals surface area contributed by atoms with Crippen LogP contribution in [-0.2, 0) is 0 Å². The maximum Gasteiger partial charge on any atom is 0.0333 e. The van der Waals surface area contributed by atoms with E-state index in [4.69, 9.17) is 5.73 Å².